The Kier molecular flexibility index (Phi) is 3.49. The van der Waals surface area contributed by atoms with Gasteiger partial charge in [-0.1, -0.05) is 11.6 Å². The number of hydrogen-bond donors (Lipinski definition) is 0. The third-order valence-corrected chi connectivity index (χ3v) is 3.60. The van der Waals surface area contributed by atoms with Crippen LogP contribution in [0.15, 0.2) is 0 Å². The molecule has 1 aliphatic rings. The van der Waals surface area contributed by atoms with Gasteiger partial charge >= 0.3 is 0 Å². The molecule has 0 aromatic carbocycles. The number of hydrogen-bond acceptors (Lipinski definition) is 6. The minimum Gasteiger partial charge on any atom is -0.345 e. The lowest BCUT2D eigenvalue weighted by Gasteiger charge is -2.34. The Morgan fingerprint density at radius 2 is 2.24 bits per heavy atom. The summed E-state index contributed by atoms with van der Waals surface area (Å²) in [7, 11) is 0. The van der Waals surface area contributed by atoms with Crippen LogP contribution in [0.25, 0.3) is 0 Å². The zero-order valence-electron chi connectivity index (χ0n) is 9.88. The monoisotopic (exact) mass is 275 g/mol. The van der Waals surface area contributed by atoms with E-state index in [-0.39, 0.29) is 5.54 Å². The summed E-state index contributed by atoms with van der Waals surface area (Å²) in [4.78, 5) is 12.9. The van der Waals surface area contributed by atoms with Crippen LogP contribution in [-0.2, 0) is 9.53 Å². The number of rotatable bonds is 2. The number of aromatic nitrogens is 2. The number of carbonyl (C=O) groups is 1. The molecule has 0 N–H and O–H groups in total. The average molecular weight is 276 g/mol. The number of halogens is 1. The van der Waals surface area contributed by atoms with Crippen LogP contribution in [0.2, 0.25) is 5.15 Å². The van der Waals surface area contributed by atoms with Crippen molar-refractivity contribution in [2.24, 2.45) is 0 Å². The van der Waals surface area contributed by atoms with E-state index in [2.05, 4.69) is 34.4 Å². The van der Waals surface area contributed by atoms with Crippen molar-refractivity contribution in [2.75, 3.05) is 6.54 Å². The van der Waals surface area contributed by atoms with E-state index < -0.39 is 12.3 Å². The van der Waals surface area contributed by atoms with E-state index in [1.807, 2.05) is 0 Å². The Labute approximate surface area is 109 Å². The lowest BCUT2D eigenvalue weighted by molar-refractivity contribution is -0.118. The van der Waals surface area contributed by atoms with Crippen LogP contribution in [0.1, 0.15) is 32.7 Å². The van der Waals surface area contributed by atoms with E-state index in [9.17, 15) is 4.79 Å². The van der Waals surface area contributed by atoms with Gasteiger partial charge in [-0.05, 0) is 20.8 Å². The molecule has 1 aromatic rings. The second-order valence-corrected chi connectivity index (χ2v) is 5.81. The van der Waals surface area contributed by atoms with E-state index in [1.165, 1.54) is 0 Å². The molecular weight excluding hydrogens is 262 g/mol. The highest BCUT2D eigenvalue weighted by Gasteiger charge is 2.42. The van der Waals surface area contributed by atoms with Gasteiger partial charge in [-0.2, -0.15) is 8.75 Å². The summed E-state index contributed by atoms with van der Waals surface area (Å²) in [6, 6.07) is 0. The Bertz CT molecular complexity index is 418. The second-order valence-electron chi connectivity index (χ2n) is 4.93. The van der Waals surface area contributed by atoms with E-state index in [4.69, 9.17) is 16.3 Å². The van der Waals surface area contributed by atoms with Crippen LogP contribution in [0, 0.1) is 0 Å². The van der Waals surface area contributed by atoms with Gasteiger partial charge < -0.3 is 9.53 Å². The molecule has 5 nitrogen and oxygen atoms in total. The van der Waals surface area contributed by atoms with Gasteiger partial charge in [-0.15, -0.1) is 0 Å². The first-order valence-electron chi connectivity index (χ1n) is 5.29. The Hall–Kier alpha value is -0.560. The summed E-state index contributed by atoms with van der Waals surface area (Å²) < 4.78 is 13.7. The Balaban J connectivity index is 2.31. The van der Waals surface area contributed by atoms with Gasteiger partial charge in [0.15, 0.2) is 11.4 Å². The molecule has 0 saturated carbocycles. The molecule has 0 aliphatic carbocycles. The van der Waals surface area contributed by atoms with E-state index in [1.54, 1.807) is 0 Å². The molecule has 0 spiro atoms. The van der Waals surface area contributed by atoms with Crippen molar-refractivity contribution < 1.29 is 9.53 Å². The van der Waals surface area contributed by atoms with Gasteiger partial charge in [0, 0.05) is 12.1 Å². The van der Waals surface area contributed by atoms with Gasteiger partial charge in [0.2, 0.25) is 0 Å². The van der Waals surface area contributed by atoms with Gasteiger partial charge in [-0.25, -0.2) is 0 Å². The summed E-state index contributed by atoms with van der Waals surface area (Å²) in [5, 5.41) is 0.348. The number of carbonyl (C=O) groups excluding carboxylic acids is 1. The zero-order valence-corrected chi connectivity index (χ0v) is 11.5. The van der Waals surface area contributed by atoms with Crippen molar-refractivity contribution in [3.8, 4) is 0 Å². The molecule has 2 atom stereocenters. The molecule has 1 saturated heterocycles. The predicted molar refractivity (Wildman–Crippen MR) is 65.1 cm³/mol. The molecule has 1 aromatic heterocycles. The smallest absolute Gasteiger partial charge is 0.170 e. The molecular formula is C10H14ClN3O2S. The maximum Gasteiger partial charge on any atom is 0.170 e. The normalized spacial score (nSPS) is 26.4. The molecule has 7 heteroatoms. The fourth-order valence-corrected chi connectivity index (χ4v) is 2.57. The van der Waals surface area contributed by atoms with Crippen LogP contribution in [0.4, 0.5) is 0 Å². The standard InChI is InChI=1S/C10H14ClN3O2S/c1-10(2,3)14-4-6(5-15)16-9(14)7-8(11)13-17-12-7/h5-6,9H,4H2,1-3H3. The molecule has 2 rings (SSSR count). The maximum absolute atomic E-state index is 10.9. The molecule has 1 fully saturated rings. The fourth-order valence-electron chi connectivity index (χ4n) is 1.82. The van der Waals surface area contributed by atoms with Crippen LogP contribution in [-0.4, -0.2) is 38.1 Å². The first kappa shape index (κ1) is 12.9. The summed E-state index contributed by atoms with van der Waals surface area (Å²) in [6.07, 6.45) is -0.0136. The average Bonchev–Trinajstić information content (AvgIpc) is 2.81. The lowest BCUT2D eigenvalue weighted by atomic mass is 10.1. The van der Waals surface area contributed by atoms with Crippen molar-refractivity contribution in [1.82, 2.24) is 13.6 Å². The molecule has 94 valence electrons. The topological polar surface area (TPSA) is 55.3 Å². The molecule has 17 heavy (non-hydrogen) atoms. The predicted octanol–water partition coefficient (Wildman–Crippen LogP) is 1.89. The third kappa shape index (κ3) is 2.49. The third-order valence-electron chi connectivity index (χ3n) is 2.68. The second kappa shape index (κ2) is 4.61. The molecule has 2 heterocycles. The Morgan fingerprint density at radius 3 is 2.71 bits per heavy atom. The highest BCUT2D eigenvalue weighted by Crippen LogP contribution is 2.37. The molecule has 2 unspecified atom stereocenters. The van der Waals surface area contributed by atoms with Crippen molar-refractivity contribution >= 4 is 29.6 Å². The van der Waals surface area contributed by atoms with Crippen molar-refractivity contribution in [3.63, 3.8) is 0 Å². The van der Waals surface area contributed by atoms with Gasteiger partial charge in [0.1, 0.15) is 18.1 Å². The van der Waals surface area contributed by atoms with Gasteiger partial charge in [0.25, 0.3) is 0 Å². The highest BCUT2D eigenvalue weighted by molar-refractivity contribution is 6.99. The number of ether oxygens (including phenoxy) is 1. The van der Waals surface area contributed by atoms with Crippen LogP contribution in [0.5, 0.6) is 0 Å². The van der Waals surface area contributed by atoms with E-state index >= 15 is 0 Å². The largest absolute Gasteiger partial charge is 0.345 e. The molecule has 0 radical (unpaired) electrons. The summed E-state index contributed by atoms with van der Waals surface area (Å²) >= 11 is 7.02. The summed E-state index contributed by atoms with van der Waals surface area (Å²) in [6.45, 7) is 6.73. The zero-order chi connectivity index (χ0) is 12.6. The van der Waals surface area contributed by atoms with Crippen LogP contribution in [0.3, 0.4) is 0 Å². The van der Waals surface area contributed by atoms with Gasteiger partial charge in [-0.3, -0.25) is 4.90 Å². The molecule has 0 amide bonds. The summed E-state index contributed by atoms with van der Waals surface area (Å²) in [5.74, 6) is 0. The van der Waals surface area contributed by atoms with Gasteiger partial charge in [0.05, 0.1) is 11.7 Å². The minimum absolute atomic E-state index is 0.130. The Morgan fingerprint density at radius 1 is 1.53 bits per heavy atom. The molecule has 0 bridgehead atoms. The van der Waals surface area contributed by atoms with Crippen molar-refractivity contribution in [2.45, 2.75) is 38.6 Å². The molecule has 1 aliphatic heterocycles. The first-order chi connectivity index (χ1) is 7.93. The highest BCUT2D eigenvalue weighted by atomic mass is 35.5. The lowest BCUT2D eigenvalue weighted by Crippen LogP contribution is -2.41. The van der Waals surface area contributed by atoms with Crippen molar-refractivity contribution in [3.05, 3.63) is 10.8 Å². The SMILES string of the molecule is CC(C)(C)N1CC(C=O)OC1c1nsnc1Cl. The number of nitrogens with zero attached hydrogens (tertiary/aromatic N) is 3. The maximum atomic E-state index is 10.9. The number of aldehydes is 1. The fraction of sp³-hybridized carbons (Fsp3) is 0.700. The summed E-state index contributed by atoms with van der Waals surface area (Å²) in [5.41, 5.74) is 0.464. The van der Waals surface area contributed by atoms with Crippen LogP contribution < -0.4 is 0 Å². The first-order valence-corrected chi connectivity index (χ1v) is 6.40. The van der Waals surface area contributed by atoms with Crippen molar-refractivity contribution in [1.29, 1.82) is 0 Å². The van der Waals surface area contributed by atoms with E-state index in [0.29, 0.717) is 17.4 Å². The van der Waals surface area contributed by atoms with Crippen LogP contribution >= 0.6 is 23.3 Å². The van der Waals surface area contributed by atoms with E-state index in [0.717, 1.165) is 18.0 Å². The quantitative estimate of drug-likeness (QED) is 0.772. The minimum atomic E-state index is -0.433.